The number of hydrogen-bond donors (Lipinski definition) is 1. The molecule has 6 rings (SSSR count). The molecule has 1 N–H and O–H groups in total. The van der Waals surface area contributed by atoms with Crippen LogP contribution in [-0.4, -0.2) is 46.5 Å². The lowest BCUT2D eigenvalue weighted by Crippen LogP contribution is -2.33. The molecule has 10 heteroatoms. The van der Waals surface area contributed by atoms with Gasteiger partial charge in [0.15, 0.2) is 11.4 Å². The van der Waals surface area contributed by atoms with Gasteiger partial charge in [0.2, 0.25) is 5.88 Å². The van der Waals surface area contributed by atoms with Crippen molar-refractivity contribution in [1.29, 1.82) is 0 Å². The third kappa shape index (κ3) is 4.31. The van der Waals surface area contributed by atoms with Crippen LogP contribution in [-0.2, 0) is 19.1 Å². The standard InChI is InChI=1S/C29H24ClN7O2/c1-36-18-31-17-25(36)29(38,28-32-11-3-12-33-28)20-7-10-24-22(16-20)26(30)23(27(35-24)39-2)15-19-5-8-21(9-6-19)37-14-4-13-34-37/h3-14,16-18,38H,15H2,1-2H3. The van der Waals surface area contributed by atoms with E-state index in [1.807, 2.05) is 55.7 Å². The Morgan fingerprint density at radius 3 is 2.49 bits per heavy atom. The van der Waals surface area contributed by atoms with Gasteiger partial charge in [-0.3, -0.25) is 0 Å². The van der Waals surface area contributed by atoms with Crippen LogP contribution < -0.4 is 4.74 Å². The summed E-state index contributed by atoms with van der Waals surface area (Å²) in [4.78, 5) is 17.7. The fourth-order valence-electron chi connectivity index (χ4n) is 4.77. The summed E-state index contributed by atoms with van der Waals surface area (Å²) < 4.78 is 9.18. The summed E-state index contributed by atoms with van der Waals surface area (Å²) in [6.45, 7) is 0. The van der Waals surface area contributed by atoms with E-state index < -0.39 is 5.60 Å². The highest BCUT2D eigenvalue weighted by atomic mass is 35.5. The smallest absolute Gasteiger partial charge is 0.218 e. The maximum atomic E-state index is 12.2. The number of rotatable bonds is 7. The SMILES string of the molecule is COc1nc2ccc(C(O)(c3ncccn3)c3cncn3C)cc2c(Cl)c1Cc1ccc(-n2cccn2)cc1. The van der Waals surface area contributed by atoms with Crippen molar-refractivity contribution >= 4 is 22.5 Å². The van der Waals surface area contributed by atoms with Crippen molar-refractivity contribution in [3.8, 4) is 11.6 Å². The Morgan fingerprint density at radius 2 is 1.82 bits per heavy atom. The number of ether oxygens (including phenoxy) is 1. The number of halogens is 1. The maximum absolute atomic E-state index is 12.2. The number of nitrogens with zero attached hydrogens (tertiary/aromatic N) is 7. The minimum absolute atomic E-state index is 0.225. The van der Waals surface area contributed by atoms with Gasteiger partial charge in [0.25, 0.3) is 0 Å². The summed E-state index contributed by atoms with van der Waals surface area (Å²) >= 11 is 7.05. The zero-order chi connectivity index (χ0) is 27.0. The summed E-state index contributed by atoms with van der Waals surface area (Å²) in [5.41, 5.74) is 2.76. The van der Waals surface area contributed by atoms with E-state index in [4.69, 9.17) is 21.3 Å². The molecule has 6 aromatic rings. The first-order chi connectivity index (χ1) is 19.0. The lowest BCUT2D eigenvalue weighted by molar-refractivity contribution is 0.107. The van der Waals surface area contributed by atoms with Crippen molar-refractivity contribution in [2.45, 2.75) is 12.0 Å². The largest absolute Gasteiger partial charge is 0.481 e. The molecule has 0 bridgehead atoms. The molecule has 0 saturated heterocycles. The van der Waals surface area contributed by atoms with E-state index in [2.05, 4.69) is 20.1 Å². The molecule has 0 amide bonds. The molecule has 9 nitrogen and oxygen atoms in total. The highest BCUT2D eigenvalue weighted by Gasteiger charge is 2.39. The number of methoxy groups -OCH3 is 1. The number of aryl methyl sites for hydroxylation is 1. The van der Waals surface area contributed by atoms with Crippen LogP contribution in [0.15, 0.2) is 91.9 Å². The van der Waals surface area contributed by atoms with Gasteiger partial charge in [-0.1, -0.05) is 29.8 Å². The molecule has 0 spiro atoms. The molecule has 39 heavy (non-hydrogen) atoms. The van der Waals surface area contributed by atoms with E-state index in [9.17, 15) is 5.11 Å². The van der Waals surface area contributed by atoms with Gasteiger partial charge in [0, 0.05) is 49.2 Å². The Bertz CT molecular complexity index is 1750. The molecule has 0 fully saturated rings. The van der Waals surface area contributed by atoms with Gasteiger partial charge in [0.1, 0.15) is 0 Å². The van der Waals surface area contributed by atoms with Crippen LogP contribution in [0.2, 0.25) is 5.02 Å². The zero-order valence-electron chi connectivity index (χ0n) is 21.2. The second-order valence-corrected chi connectivity index (χ2v) is 9.49. The van der Waals surface area contributed by atoms with Crippen LogP contribution in [0.3, 0.4) is 0 Å². The Balaban J connectivity index is 1.46. The zero-order valence-corrected chi connectivity index (χ0v) is 22.0. The fourth-order valence-corrected chi connectivity index (χ4v) is 5.06. The van der Waals surface area contributed by atoms with E-state index in [1.165, 1.54) is 0 Å². The van der Waals surface area contributed by atoms with Crippen molar-refractivity contribution in [3.63, 3.8) is 0 Å². The topological polar surface area (TPSA) is 104 Å². The number of imidazole rings is 1. The highest BCUT2D eigenvalue weighted by Crippen LogP contribution is 2.39. The van der Waals surface area contributed by atoms with E-state index in [0.29, 0.717) is 39.5 Å². The fraction of sp³-hybridized carbons (Fsp3) is 0.138. The lowest BCUT2D eigenvalue weighted by Gasteiger charge is -2.27. The van der Waals surface area contributed by atoms with Crippen LogP contribution in [0, 0.1) is 0 Å². The van der Waals surface area contributed by atoms with Crippen LogP contribution in [0.4, 0.5) is 0 Å². The molecule has 0 saturated carbocycles. The molecule has 4 heterocycles. The Kier molecular flexibility index (Phi) is 6.30. The highest BCUT2D eigenvalue weighted by molar-refractivity contribution is 6.36. The lowest BCUT2D eigenvalue weighted by atomic mass is 9.88. The van der Waals surface area contributed by atoms with Crippen LogP contribution >= 0.6 is 11.6 Å². The predicted octanol–water partition coefficient (Wildman–Crippen LogP) is 4.48. The number of aliphatic hydroxyl groups is 1. The molecule has 4 aromatic heterocycles. The first-order valence-electron chi connectivity index (χ1n) is 12.2. The third-order valence-electron chi connectivity index (χ3n) is 6.75. The van der Waals surface area contributed by atoms with Gasteiger partial charge in [-0.25, -0.2) is 24.6 Å². The average Bonchev–Trinajstić information content (AvgIpc) is 3.67. The molecule has 0 aliphatic rings. The maximum Gasteiger partial charge on any atom is 0.218 e. The van der Waals surface area contributed by atoms with Crippen molar-refractivity contribution in [3.05, 3.63) is 125 Å². The van der Waals surface area contributed by atoms with Gasteiger partial charge in [0.05, 0.1) is 41.6 Å². The van der Waals surface area contributed by atoms with Gasteiger partial charge >= 0.3 is 0 Å². The molecule has 0 aliphatic heterocycles. The Hall–Kier alpha value is -4.60. The number of fused-ring (bicyclic) bond motifs is 1. The van der Waals surface area contributed by atoms with Crippen LogP contribution in [0.25, 0.3) is 16.6 Å². The first kappa shape index (κ1) is 24.7. The van der Waals surface area contributed by atoms with Gasteiger partial charge in [-0.15, -0.1) is 0 Å². The molecular weight excluding hydrogens is 514 g/mol. The van der Waals surface area contributed by atoms with Gasteiger partial charge < -0.3 is 14.4 Å². The Labute approximate surface area is 229 Å². The summed E-state index contributed by atoms with van der Waals surface area (Å²) in [6, 6.07) is 17.1. The molecule has 0 aliphatic carbocycles. The monoisotopic (exact) mass is 537 g/mol. The second-order valence-electron chi connectivity index (χ2n) is 9.11. The molecule has 2 aromatic carbocycles. The van der Waals surface area contributed by atoms with Crippen molar-refractivity contribution in [2.75, 3.05) is 7.11 Å². The van der Waals surface area contributed by atoms with Crippen molar-refractivity contribution in [1.82, 2.24) is 34.3 Å². The summed E-state index contributed by atoms with van der Waals surface area (Å²) in [7, 11) is 3.39. The summed E-state index contributed by atoms with van der Waals surface area (Å²) in [6.07, 6.45) is 10.6. The number of pyridine rings is 1. The molecular formula is C29H24ClN7O2. The molecule has 1 atom stereocenters. The van der Waals surface area contributed by atoms with E-state index >= 15 is 0 Å². The number of benzene rings is 2. The predicted molar refractivity (Wildman–Crippen MR) is 147 cm³/mol. The minimum atomic E-state index is -1.67. The Morgan fingerprint density at radius 1 is 1.03 bits per heavy atom. The molecule has 1 unspecified atom stereocenters. The van der Waals surface area contributed by atoms with E-state index in [-0.39, 0.29) is 5.82 Å². The molecule has 194 valence electrons. The number of aromatic nitrogens is 7. The quantitative estimate of drug-likeness (QED) is 0.320. The minimum Gasteiger partial charge on any atom is -0.481 e. The number of hydrogen-bond acceptors (Lipinski definition) is 7. The third-order valence-corrected chi connectivity index (χ3v) is 7.18. The summed E-state index contributed by atoms with van der Waals surface area (Å²) in [5.74, 6) is 0.674. The average molecular weight is 538 g/mol. The van der Waals surface area contributed by atoms with E-state index in [1.54, 1.807) is 59.6 Å². The second kappa shape index (κ2) is 9.94. The van der Waals surface area contributed by atoms with Crippen molar-refractivity contribution in [2.24, 2.45) is 7.05 Å². The van der Waals surface area contributed by atoms with Crippen LogP contribution in [0.1, 0.15) is 28.2 Å². The van der Waals surface area contributed by atoms with Gasteiger partial charge in [-0.05, 0) is 47.5 Å². The van der Waals surface area contributed by atoms with E-state index in [0.717, 1.165) is 16.8 Å². The van der Waals surface area contributed by atoms with Crippen LogP contribution in [0.5, 0.6) is 5.88 Å². The van der Waals surface area contributed by atoms with Gasteiger partial charge in [-0.2, -0.15) is 5.10 Å². The molecule has 0 radical (unpaired) electrons. The normalized spacial score (nSPS) is 12.9. The summed E-state index contributed by atoms with van der Waals surface area (Å²) in [5, 5.41) is 17.6. The first-order valence-corrected chi connectivity index (χ1v) is 12.6. The van der Waals surface area contributed by atoms with Crippen molar-refractivity contribution < 1.29 is 9.84 Å².